The third kappa shape index (κ3) is 4.13. The number of rotatable bonds is 8. The molecule has 2 aliphatic heterocycles. The molecule has 0 saturated carbocycles. The Kier molecular flexibility index (Phi) is 6.77. The van der Waals surface area contributed by atoms with Gasteiger partial charge in [-0.05, 0) is 53.1 Å². The zero-order chi connectivity index (χ0) is 28.0. The highest BCUT2D eigenvalue weighted by Gasteiger charge is 2.54. The van der Waals surface area contributed by atoms with Crippen molar-refractivity contribution >= 4 is 29.7 Å². The van der Waals surface area contributed by atoms with E-state index in [2.05, 4.69) is 4.98 Å². The Balaban J connectivity index is 1.53. The van der Waals surface area contributed by atoms with Crippen molar-refractivity contribution in [2.75, 3.05) is 39.8 Å². The van der Waals surface area contributed by atoms with Crippen LogP contribution in [0.1, 0.15) is 28.7 Å². The van der Waals surface area contributed by atoms with Crippen LogP contribution in [0, 0.1) is 11.8 Å². The third-order valence-electron chi connectivity index (χ3n) is 7.47. The summed E-state index contributed by atoms with van der Waals surface area (Å²) in [6, 6.07) is 10.5. The van der Waals surface area contributed by atoms with Gasteiger partial charge in [-0.1, -0.05) is 11.6 Å². The third-order valence-corrected chi connectivity index (χ3v) is 7.76. The zero-order valence-electron chi connectivity index (χ0n) is 21.8. The highest BCUT2D eigenvalue weighted by molar-refractivity contribution is 6.32. The van der Waals surface area contributed by atoms with Gasteiger partial charge in [0.2, 0.25) is 19.0 Å². The number of carbonyl (C=O) groups is 2. The Bertz CT molecular complexity index is 1460. The Morgan fingerprint density at radius 1 is 1.00 bits per heavy atom. The predicted molar refractivity (Wildman–Crippen MR) is 140 cm³/mol. The molecule has 3 heterocycles. The predicted octanol–water partition coefficient (Wildman–Crippen LogP) is 4.06. The standard InChI is InChI=1S/C28H25ClN2O9/c1-34-21-7-14(8-22(35-2)26(21)36-3)23-15-9-19-20(39-13-38-19)10-16(15)25(17-11-37-28(33)24(17)23)40-31(12-32)18-5-4-6-30-27(18)29/h4-10,12,17,23-25H,11,13H2,1-3H3/t17-,23+,24-,25-/m0/s1. The normalized spacial score (nSPS) is 22.1. The summed E-state index contributed by atoms with van der Waals surface area (Å²) in [6.45, 7) is 0.135. The van der Waals surface area contributed by atoms with Gasteiger partial charge in [-0.3, -0.25) is 14.4 Å². The molecule has 1 aromatic heterocycles. The van der Waals surface area contributed by atoms with Gasteiger partial charge in [0.05, 0.1) is 33.9 Å². The van der Waals surface area contributed by atoms with E-state index in [0.29, 0.717) is 40.7 Å². The molecular weight excluding hydrogens is 544 g/mol. The molecule has 3 aliphatic rings. The number of ether oxygens (including phenoxy) is 6. The second-order valence-electron chi connectivity index (χ2n) is 9.36. The molecule has 0 radical (unpaired) electrons. The van der Waals surface area contributed by atoms with Crippen LogP contribution in [-0.2, 0) is 19.2 Å². The number of esters is 1. The number of fused-ring (bicyclic) bond motifs is 3. The molecule has 1 aliphatic carbocycles. The van der Waals surface area contributed by atoms with E-state index in [9.17, 15) is 9.59 Å². The maximum atomic E-state index is 13.4. The first-order valence-corrected chi connectivity index (χ1v) is 12.8. The van der Waals surface area contributed by atoms with Gasteiger partial charge in [0.1, 0.15) is 11.8 Å². The number of pyridine rings is 1. The lowest BCUT2D eigenvalue weighted by atomic mass is 9.66. The van der Waals surface area contributed by atoms with E-state index in [-0.39, 0.29) is 24.2 Å². The molecule has 1 fully saturated rings. The lowest BCUT2D eigenvalue weighted by Gasteiger charge is -2.39. The number of hydroxylamine groups is 1. The molecule has 1 amide bonds. The Morgan fingerprint density at radius 3 is 2.33 bits per heavy atom. The number of anilines is 1. The van der Waals surface area contributed by atoms with Crippen LogP contribution in [0.25, 0.3) is 0 Å². The molecule has 12 heteroatoms. The highest BCUT2D eigenvalue weighted by atomic mass is 35.5. The summed E-state index contributed by atoms with van der Waals surface area (Å²) in [7, 11) is 4.58. The van der Waals surface area contributed by atoms with Crippen molar-refractivity contribution in [3.63, 3.8) is 0 Å². The minimum atomic E-state index is -0.777. The molecule has 6 rings (SSSR count). The molecule has 4 atom stereocenters. The van der Waals surface area contributed by atoms with Gasteiger partial charge in [0.25, 0.3) is 0 Å². The van der Waals surface area contributed by atoms with Gasteiger partial charge in [-0.25, -0.2) is 4.98 Å². The van der Waals surface area contributed by atoms with E-state index >= 15 is 0 Å². The van der Waals surface area contributed by atoms with Crippen molar-refractivity contribution in [1.82, 2.24) is 4.98 Å². The summed E-state index contributed by atoms with van der Waals surface area (Å²) < 4.78 is 33.7. The number of cyclic esters (lactones) is 1. The van der Waals surface area contributed by atoms with Gasteiger partial charge < -0.3 is 28.4 Å². The van der Waals surface area contributed by atoms with Crippen LogP contribution in [0.15, 0.2) is 42.6 Å². The van der Waals surface area contributed by atoms with Crippen LogP contribution in [0.3, 0.4) is 0 Å². The number of benzene rings is 2. The fourth-order valence-corrected chi connectivity index (χ4v) is 5.93. The first-order chi connectivity index (χ1) is 19.5. The van der Waals surface area contributed by atoms with E-state index in [1.165, 1.54) is 27.5 Å². The Hall–Kier alpha value is -4.22. The molecule has 1 saturated heterocycles. The van der Waals surface area contributed by atoms with E-state index in [0.717, 1.165) is 16.2 Å². The molecule has 0 spiro atoms. The molecule has 2 aromatic carbocycles. The van der Waals surface area contributed by atoms with Crippen LogP contribution in [0.5, 0.6) is 28.7 Å². The average Bonchev–Trinajstić information content (AvgIpc) is 3.60. The van der Waals surface area contributed by atoms with Crippen molar-refractivity contribution < 1.29 is 42.8 Å². The number of amides is 1. The second-order valence-corrected chi connectivity index (χ2v) is 9.72. The number of halogens is 1. The highest BCUT2D eigenvalue weighted by Crippen LogP contribution is 2.56. The van der Waals surface area contributed by atoms with E-state index in [1.54, 1.807) is 12.1 Å². The van der Waals surface area contributed by atoms with Gasteiger partial charge in [0, 0.05) is 18.0 Å². The van der Waals surface area contributed by atoms with Crippen LogP contribution >= 0.6 is 11.6 Å². The number of aromatic nitrogens is 1. The van der Waals surface area contributed by atoms with Crippen LogP contribution in [0.2, 0.25) is 5.15 Å². The maximum absolute atomic E-state index is 13.4. The van der Waals surface area contributed by atoms with Crippen LogP contribution in [0.4, 0.5) is 5.69 Å². The smallest absolute Gasteiger partial charge is 0.310 e. The molecule has 208 valence electrons. The SMILES string of the molecule is COc1cc([C@@H]2c3cc4c(cc3[C@H](ON(C=O)c3cccnc3Cl)[C@H]3COC(=O)[C@H]23)OCO4)cc(OC)c1OC. The van der Waals surface area contributed by atoms with Crippen molar-refractivity contribution in [2.45, 2.75) is 12.0 Å². The Morgan fingerprint density at radius 2 is 1.70 bits per heavy atom. The van der Waals surface area contributed by atoms with Crippen LogP contribution < -0.4 is 28.7 Å². The summed E-state index contributed by atoms with van der Waals surface area (Å²) in [5, 5.41) is 1.11. The summed E-state index contributed by atoms with van der Waals surface area (Å²) >= 11 is 6.27. The van der Waals surface area contributed by atoms with Crippen molar-refractivity contribution in [1.29, 1.82) is 0 Å². The average molecular weight is 569 g/mol. The molecule has 0 N–H and O–H groups in total. The van der Waals surface area contributed by atoms with Gasteiger partial charge in [0.15, 0.2) is 28.2 Å². The van der Waals surface area contributed by atoms with E-state index in [4.69, 9.17) is 44.9 Å². The van der Waals surface area contributed by atoms with Crippen molar-refractivity contribution in [2.24, 2.45) is 11.8 Å². The quantitative estimate of drug-likeness (QED) is 0.170. The summed E-state index contributed by atoms with van der Waals surface area (Å²) in [5.41, 5.74) is 2.45. The minimum Gasteiger partial charge on any atom is -0.493 e. The lowest BCUT2D eigenvalue weighted by molar-refractivity contribution is -0.141. The summed E-state index contributed by atoms with van der Waals surface area (Å²) in [4.78, 5) is 35.9. The fourth-order valence-electron chi connectivity index (χ4n) is 5.73. The summed E-state index contributed by atoms with van der Waals surface area (Å²) in [5.74, 6) is 0.345. The molecule has 40 heavy (non-hydrogen) atoms. The fraction of sp³-hybridized carbons (Fsp3) is 0.321. The van der Waals surface area contributed by atoms with Gasteiger partial charge in [-0.2, -0.15) is 5.06 Å². The first-order valence-electron chi connectivity index (χ1n) is 12.4. The molecule has 0 bridgehead atoms. The minimum absolute atomic E-state index is 0.0548. The molecule has 0 unspecified atom stereocenters. The maximum Gasteiger partial charge on any atom is 0.310 e. The number of methoxy groups -OCH3 is 3. The van der Waals surface area contributed by atoms with Crippen molar-refractivity contribution in [3.05, 3.63) is 64.4 Å². The molecule has 3 aromatic rings. The van der Waals surface area contributed by atoms with E-state index < -0.39 is 29.8 Å². The topological polar surface area (TPSA) is 115 Å². The molecule has 11 nitrogen and oxygen atoms in total. The van der Waals surface area contributed by atoms with E-state index in [1.807, 2.05) is 24.3 Å². The van der Waals surface area contributed by atoms with Gasteiger partial charge in [-0.15, -0.1) is 0 Å². The number of carbonyl (C=O) groups excluding carboxylic acids is 2. The number of hydrogen-bond donors (Lipinski definition) is 0. The summed E-state index contributed by atoms with van der Waals surface area (Å²) in [6.07, 6.45) is 1.24. The Labute approximate surface area is 234 Å². The largest absolute Gasteiger partial charge is 0.493 e. The number of hydrogen-bond acceptors (Lipinski definition) is 10. The monoisotopic (exact) mass is 568 g/mol. The van der Waals surface area contributed by atoms with Gasteiger partial charge >= 0.3 is 5.97 Å². The molecular formula is C28H25ClN2O9. The number of nitrogens with zero attached hydrogens (tertiary/aromatic N) is 2. The first kappa shape index (κ1) is 26.0. The second kappa shape index (κ2) is 10.4. The van der Waals surface area contributed by atoms with Crippen molar-refractivity contribution in [3.8, 4) is 28.7 Å². The zero-order valence-corrected chi connectivity index (χ0v) is 22.5. The lowest BCUT2D eigenvalue weighted by Crippen LogP contribution is -2.39. The van der Waals surface area contributed by atoms with Crippen LogP contribution in [-0.4, -0.2) is 52.1 Å².